The first-order valence-corrected chi connectivity index (χ1v) is 13.0. The first kappa shape index (κ1) is 28.0. The van der Waals surface area contributed by atoms with Crippen molar-refractivity contribution in [2.45, 2.75) is 69.7 Å². The number of amides is 1. The maximum Gasteiger partial charge on any atom is 0.416 e. The summed E-state index contributed by atoms with van der Waals surface area (Å²) in [6.45, 7) is 0.313. The van der Waals surface area contributed by atoms with Crippen LogP contribution in [0.3, 0.4) is 0 Å². The van der Waals surface area contributed by atoms with Gasteiger partial charge in [0.05, 0.1) is 18.0 Å². The van der Waals surface area contributed by atoms with Crippen molar-refractivity contribution < 1.29 is 33.0 Å². The van der Waals surface area contributed by atoms with E-state index in [4.69, 9.17) is 11.6 Å². The topological polar surface area (TPSA) is 104 Å². The third-order valence-electron chi connectivity index (χ3n) is 7.35. The lowest BCUT2D eigenvalue weighted by molar-refractivity contribution is -0.143. The van der Waals surface area contributed by atoms with Crippen LogP contribution in [0.15, 0.2) is 24.3 Å². The van der Waals surface area contributed by atoms with E-state index in [9.17, 15) is 33.0 Å². The van der Waals surface area contributed by atoms with Gasteiger partial charge in [-0.2, -0.15) is 13.2 Å². The Hall–Kier alpha value is -3.03. The second kappa shape index (κ2) is 11.4. The second-order valence-electron chi connectivity index (χ2n) is 10.1. The summed E-state index contributed by atoms with van der Waals surface area (Å²) in [4.78, 5) is 28.8. The van der Waals surface area contributed by atoms with Gasteiger partial charge < -0.3 is 20.1 Å². The molecule has 204 valence electrons. The molecular formula is C27H29ClF3N3O4. The minimum atomic E-state index is -4.47. The van der Waals surface area contributed by atoms with Gasteiger partial charge >= 0.3 is 12.1 Å². The SMILES string of the molecule is O=C(NCC1CCC(C(=O)O)CC1)c1c(C#CC2(O)CCCC2)nc(Cl)n1Cc1ccc(C(F)(F)F)cc1. The highest BCUT2D eigenvalue weighted by molar-refractivity contribution is 6.29. The van der Waals surface area contributed by atoms with E-state index in [1.807, 2.05) is 0 Å². The normalized spacial score (nSPS) is 21.0. The fourth-order valence-electron chi connectivity index (χ4n) is 5.06. The number of rotatable bonds is 6. The van der Waals surface area contributed by atoms with Crippen molar-refractivity contribution in [1.29, 1.82) is 0 Å². The van der Waals surface area contributed by atoms with Gasteiger partial charge in [0.1, 0.15) is 17.0 Å². The number of aliphatic carboxylic acids is 1. The summed E-state index contributed by atoms with van der Waals surface area (Å²) in [6, 6.07) is 4.55. The smallest absolute Gasteiger partial charge is 0.416 e. The van der Waals surface area contributed by atoms with Gasteiger partial charge in [0.15, 0.2) is 0 Å². The van der Waals surface area contributed by atoms with E-state index in [1.54, 1.807) is 0 Å². The molecule has 2 saturated carbocycles. The monoisotopic (exact) mass is 551 g/mol. The van der Waals surface area contributed by atoms with E-state index in [1.165, 1.54) is 16.7 Å². The molecule has 4 rings (SSSR count). The Morgan fingerprint density at radius 1 is 1.13 bits per heavy atom. The number of aliphatic hydroxyl groups is 1. The van der Waals surface area contributed by atoms with Gasteiger partial charge in [0.25, 0.3) is 5.91 Å². The van der Waals surface area contributed by atoms with Crippen LogP contribution in [0.4, 0.5) is 13.2 Å². The van der Waals surface area contributed by atoms with Gasteiger partial charge in [-0.3, -0.25) is 9.59 Å². The molecule has 2 aliphatic carbocycles. The van der Waals surface area contributed by atoms with E-state index in [0.717, 1.165) is 25.0 Å². The Balaban J connectivity index is 1.57. The number of carboxylic acid groups (broad SMARTS) is 1. The zero-order valence-corrected chi connectivity index (χ0v) is 21.4. The quantitative estimate of drug-likeness (QED) is 0.444. The Morgan fingerprint density at radius 2 is 1.76 bits per heavy atom. The van der Waals surface area contributed by atoms with Gasteiger partial charge in [0.2, 0.25) is 5.28 Å². The summed E-state index contributed by atoms with van der Waals surface area (Å²) >= 11 is 6.38. The molecule has 1 aromatic carbocycles. The van der Waals surface area contributed by atoms with E-state index >= 15 is 0 Å². The lowest BCUT2D eigenvalue weighted by Crippen LogP contribution is -2.34. The number of hydrogen-bond acceptors (Lipinski definition) is 4. The van der Waals surface area contributed by atoms with Crippen molar-refractivity contribution in [3.05, 3.63) is 52.1 Å². The van der Waals surface area contributed by atoms with Gasteiger partial charge in [-0.15, -0.1) is 0 Å². The molecule has 0 radical (unpaired) electrons. The number of aromatic nitrogens is 2. The first-order chi connectivity index (χ1) is 17.9. The number of benzene rings is 1. The minimum absolute atomic E-state index is 0.0115. The largest absolute Gasteiger partial charge is 0.481 e. The van der Waals surface area contributed by atoms with Crippen molar-refractivity contribution in [2.24, 2.45) is 11.8 Å². The number of carbonyl (C=O) groups is 2. The molecule has 1 heterocycles. The lowest BCUT2D eigenvalue weighted by Gasteiger charge is -2.26. The molecule has 0 atom stereocenters. The highest BCUT2D eigenvalue weighted by Crippen LogP contribution is 2.31. The maximum atomic E-state index is 13.4. The average Bonchev–Trinajstić information content (AvgIpc) is 3.44. The molecule has 0 unspecified atom stereocenters. The molecule has 2 aromatic rings. The number of halogens is 4. The van der Waals surface area contributed by atoms with Gasteiger partial charge in [-0.05, 0) is 92.5 Å². The Labute approximate surface area is 223 Å². The maximum absolute atomic E-state index is 13.4. The summed E-state index contributed by atoms with van der Waals surface area (Å²) in [5, 5.41) is 22.7. The van der Waals surface area contributed by atoms with Crippen LogP contribution in [-0.2, 0) is 17.5 Å². The molecule has 0 bridgehead atoms. The number of nitrogens with one attached hydrogen (secondary N) is 1. The Kier molecular flexibility index (Phi) is 8.38. The van der Waals surface area contributed by atoms with Gasteiger partial charge in [-0.1, -0.05) is 18.1 Å². The van der Waals surface area contributed by atoms with E-state index in [2.05, 4.69) is 22.1 Å². The second-order valence-corrected chi connectivity index (χ2v) is 10.5. The Bertz CT molecular complexity index is 1230. The van der Waals surface area contributed by atoms with Crippen LogP contribution in [-0.4, -0.2) is 43.8 Å². The number of nitrogens with zero attached hydrogens (tertiary/aromatic N) is 2. The molecule has 3 N–H and O–H groups in total. The molecule has 1 amide bonds. The standard InChI is InChI=1S/C27H29ClF3N3O4/c28-25-33-21(11-14-26(38)12-1-2-13-26)22(23(35)32-15-17-3-7-19(8-4-17)24(36)37)34(25)16-18-5-9-20(10-6-18)27(29,30)31/h5-6,9-10,17,19,38H,1-4,7-8,12-13,15-16H2,(H,32,35)(H,36,37). The first-order valence-electron chi connectivity index (χ1n) is 12.6. The fraction of sp³-hybridized carbons (Fsp3) is 0.519. The summed E-state index contributed by atoms with van der Waals surface area (Å²) in [6.07, 6.45) is 0.665. The third kappa shape index (κ3) is 6.69. The number of alkyl halides is 3. The van der Waals surface area contributed by atoms with Crippen LogP contribution in [0.25, 0.3) is 0 Å². The molecule has 2 fully saturated rings. The molecule has 0 saturated heterocycles. The summed E-state index contributed by atoms with van der Waals surface area (Å²) in [5.74, 6) is 4.09. The number of hydrogen-bond donors (Lipinski definition) is 3. The average molecular weight is 552 g/mol. The molecule has 0 aliphatic heterocycles. The molecule has 1 aromatic heterocycles. The number of carboxylic acids is 1. The van der Waals surface area contributed by atoms with Crippen LogP contribution < -0.4 is 5.32 Å². The number of imidazole rings is 1. The van der Waals surface area contributed by atoms with Crippen molar-refractivity contribution >= 4 is 23.5 Å². The summed E-state index contributed by atoms with van der Waals surface area (Å²) in [5.41, 5.74) is -1.34. The van der Waals surface area contributed by atoms with Crippen molar-refractivity contribution in [1.82, 2.24) is 14.9 Å². The Morgan fingerprint density at radius 3 is 2.34 bits per heavy atom. The zero-order chi connectivity index (χ0) is 27.5. The molecule has 0 spiro atoms. The van der Waals surface area contributed by atoms with E-state index < -0.39 is 29.2 Å². The van der Waals surface area contributed by atoms with Crippen LogP contribution >= 0.6 is 11.6 Å². The molecule has 2 aliphatic rings. The molecular weight excluding hydrogens is 523 g/mol. The third-order valence-corrected chi connectivity index (χ3v) is 7.64. The predicted octanol–water partition coefficient (Wildman–Crippen LogP) is 4.88. The van der Waals surface area contributed by atoms with Crippen LogP contribution in [0, 0.1) is 23.7 Å². The molecule has 7 nitrogen and oxygen atoms in total. The van der Waals surface area contributed by atoms with Crippen LogP contribution in [0.2, 0.25) is 5.28 Å². The van der Waals surface area contributed by atoms with Crippen molar-refractivity contribution in [3.63, 3.8) is 0 Å². The van der Waals surface area contributed by atoms with Crippen LogP contribution in [0.1, 0.15) is 78.7 Å². The minimum Gasteiger partial charge on any atom is -0.481 e. The predicted molar refractivity (Wildman–Crippen MR) is 133 cm³/mol. The molecule has 11 heteroatoms. The van der Waals surface area contributed by atoms with Crippen molar-refractivity contribution in [3.8, 4) is 11.8 Å². The summed E-state index contributed by atoms with van der Waals surface area (Å²) in [7, 11) is 0. The fourth-order valence-corrected chi connectivity index (χ4v) is 5.29. The zero-order valence-electron chi connectivity index (χ0n) is 20.7. The highest BCUT2D eigenvalue weighted by Gasteiger charge is 2.31. The van der Waals surface area contributed by atoms with E-state index in [-0.39, 0.29) is 35.1 Å². The van der Waals surface area contributed by atoms with Crippen LogP contribution in [0.5, 0.6) is 0 Å². The number of carbonyl (C=O) groups excluding carboxylic acids is 1. The van der Waals surface area contributed by atoms with E-state index in [0.29, 0.717) is 50.6 Å². The highest BCUT2D eigenvalue weighted by atomic mass is 35.5. The lowest BCUT2D eigenvalue weighted by atomic mass is 9.82. The summed E-state index contributed by atoms with van der Waals surface area (Å²) < 4.78 is 40.3. The molecule has 38 heavy (non-hydrogen) atoms. The van der Waals surface area contributed by atoms with Gasteiger partial charge in [0, 0.05) is 6.54 Å². The van der Waals surface area contributed by atoms with Gasteiger partial charge in [-0.25, -0.2) is 4.98 Å². The van der Waals surface area contributed by atoms with Crippen molar-refractivity contribution in [2.75, 3.05) is 6.54 Å².